The molecule has 0 aromatic heterocycles. The summed E-state index contributed by atoms with van der Waals surface area (Å²) in [6.45, 7) is 0.548. The topological polar surface area (TPSA) is 26.3 Å². The van der Waals surface area contributed by atoms with Gasteiger partial charge in [0, 0.05) is 0 Å². The summed E-state index contributed by atoms with van der Waals surface area (Å²) in [5, 5.41) is 6.09. The third-order valence-corrected chi connectivity index (χ3v) is 10.4. The highest BCUT2D eigenvalue weighted by atomic mass is 32.2. The van der Waals surface area contributed by atoms with Gasteiger partial charge >= 0.3 is 5.97 Å². The maximum absolute atomic E-state index is 12.2. The summed E-state index contributed by atoms with van der Waals surface area (Å²) in [5.41, 5.74) is 0. The average Bonchev–Trinajstić information content (AvgIpc) is 3.45. The number of thioether (sulfide) groups is 4. The molecule has 0 amide bonds. The molecule has 0 bridgehead atoms. The van der Waals surface area contributed by atoms with Crippen LogP contribution < -0.4 is 0 Å². The van der Waals surface area contributed by atoms with Gasteiger partial charge in [0.15, 0.2) is 0 Å². The summed E-state index contributed by atoms with van der Waals surface area (Å²) in [6, 6.07) is 0. The van der Waals surface area contributed by atoms with Crippen molar-refractivity contribution in [3.63, 3.8) is 0 Å². The molecule has 0 unspecified atom stereocenters. The molecule has 0 aromatic rings. The summed E-state index contributed by atoms with van der Waals surface area (Å²) in [7, 11) is 0. The highest BCUT2D eigenvalue weighted by molar-refractivity contribution is 8.33. The fourth-order valence-corrected chi connectivity index (χ4v) is 7.86. The average molecular weight is 505 g/mol. The Morgan fingerprint density at radius 1 is 0.700 bits per heavy atom. The Hall–Kier alpha value is 0.440. The van der Waals surface area contributed by atoms with Gasteiger partial charge in [0.2, 0.25) is 0 Å². The fraction of sp³-hybridized carbons (Fsp3) is 0.696. The molecule has 0 radical (unpaired) electrons. The summed E-state index contributed by atoms with van der Waals surface area (Å²) in [5.74, 6) is 0.878. The lowest BCUT2D eigenvalue weighted by molar-refractivity contribution is -0.138. The molecule has 0 atom stereocenters. The second-order valence-corrected chi connectivity index (χ2v) is 12.3. The molecule has 170 valence electrons. The number of rotatable bonds is 17. The van der Waals surface area contributed by atoms with Crippen LogP contribution in [-0.2, 0) is 9.53 Å². The zero-order chi connectivity index (χ0) is 21.3. The Kier molecular flexibility index (Phi) is 16.0. The van der Waals surface area contributed by atoms with Crippen molar-refractivity contribution in [2.24, 2.45) is 0 Å². The normalized spacial score (nSPS) is 15.8. The summed E-state index contributed by atoms with van der Waals surface area (Å²) < 4.78 is 7.92. The van der Waals surface area contributed by atoms with Gasteiger partial charge in [-0.2, -0.15) is 12.6 Å². The Bertz CT molecular complexity index is 576. The maximum atomic E-state index is 12.2. The summed E-state index contributed by atoms with van der Waals surface area (Å²) >= 11 is 10.9. The molecule has 0 spiro atoms. The van der Waals surface area contributed by atoms with Crippen LogP contribution in [0.5, 0.6) is 0 Å². The van der Waals surface area contributed by atoms with Gasteiger partial charge in [0.05, 0.1) is 15.1 Å². The first kappa shape index (κ1) is 26.7. The van der Waals surface area contributed by atoms with Crippen LogP contribution >= 0.6 is 59.7 Å². The molecule has 0 saturated carbocycles. The van der Waals surface area contributed by atoms with E-state index in [-0.39, 0.29) is 5.97 Å². The first-order valence-electron chi connectivity index (χ1n) is 11.4. The molecule has 2 heterocycles. The minimum Gasteiger partial charge on any atom is -0.462 e. The second kappa shape index (κ2) is 17.9. The van der Waals surface area contributed by atoms with E-state index in [9.17, 15) is 4.79 Å². The van der Waals surface area contributed by atoms with Crippen LogP contribution in [0.15, 0.2) is 29.6 Å². The van der Waals surface area contributed by atoms with Gasteiger partial charge in [-0.1, -0.05) is 124 Å². The van der Waals surface area contributed by atoms with Crippen LogP contribution in [0.25, 0.3) is 0 Å². The van der Waals surface area contributed by atoms with E-state index in [1.807, 2.05) is 5.41 Å². The van der Waals surface area contributed by atoms with Crippen LogP contribution in [0.4, 0.5) is 0 Å². The zero-order valence-corrected chi connectivity index (χ0v) is 22.1. The van der Waals surface area contributed by atoms with Gasteiger partial charge in [-0.15, -0.1) is 0 Å². The zero-order valence-electron chi connectivity index (χ0n) is 17.9. The minimum atomic E-state index is -0.161. The van der Waals surface area contributed by atoms with Gasteiger partial charge in [-0.25, -0.2) is 4.79 Å². The van der Waals surface area contributed by atoms with Crippen molar-refractivity contribution in [1.82, 2.24) is 0 Å². The first-order valence-corrected chi connectivity index (χ1v) is 15.5. The third-order valence-electron chi connectivity index (χ3n) is 5.03. The Labute approximate surface area is 206 Å². The van der Waals surface area contributed by atoms with Crippen molar-refractivity contribution in [2.75, 3.05) is 12.4 Å². The minimum absolute atomic E-state index is 0.161. The molecule has 0 N–H and O–H groups in total. The third kappa shape index (κ3) is 11.9. The van der Waals surface area contributed by atoms with Crippen LogP contribution in [-0.4, -0.2) is 18.3 Å². The lowest BCUT2D eigenvalue weighted by atomic mass is 10.0. The SMILES string of the molecule is O=C(OCCCCCCCCCCCCCCCCS)C1=CSC(=C2SC=CS2)S1. The Balaban J connectivity index is 1.33. The maximum Gasteiger partial charge on any atom is 0.345 e. The molecular weight excluding hydrogens is 469 g/mol. The largest absolute Gasteiger partial charge is 0.462 e. The van der Waals surface area contributed by atoms with E-state index in [0.29, 0.717) is 6.61 Å². The fourth-order valence-electron chi connectivity index (χ4n) is 3.31. The molecule has 2 rings (SSSR count). The quantitative estimate of drug-likeness (QED) is 0.120. The number of unbranched alkanes of at least 4 members (excludes halogenated alkanes) is 13. The predicted octanol–water partition coefficient (Wildman–Crippen LogP) is 9.32. The van der Waals surface area contributed by atoms with Crippen molar-refractivity contribution in [2.45, 2.75) is 89.9 Å². The monoisotopic (exact) mass is 504 g/mol. The number of ether oxygens (including phenoxy) is 1. The number of esters is 1. The van der Waals surface area contributed by atoms with E-state index in [1.54, 1.807) is 47.0 Å². The van der Waals surface area contributed by atoms with Crippen molar-refractivity contribution in [3.05, 3.63) is 29.6 Å². The molecule has 0 saturated heterocycles. The molecule has 0 fully saturated rings. The molecule has 0 aliphatic carbocycles. The lowest BCUT2D eigenvalue weighted by Crippen LogP contribution is -2.06. The summed E-state index contributed by atoms with van der Waals surface area (Å²) in [4.78, 5) is 12.9. The van der Waals surface area contributed by atoms with Crippen LogP contribution in [0.2, 0.25) is 0 Å². The Morgan fingerprint density at radius 2 is 1.20 bits per heavy atom. The second-order valence-electron chi connectivity index (χ2n) is 7.59. The van der Waals surface area contributed by atoms with Gasteiger partial charge in [0.1, 0.15) is 4.91 Å². The van der Waals surface area contributed by atoms with Crippen molar-refractivity contribution >= 4 is 65.6 Å². The standard InChI is InChI=1S/C23H36O2S5/c24-21(20-19-29-23(30-20)22-27-17-18-28-22)25-15-13-11-9-7-5-3-1-2-4-6-8-10-12-14-16-26/h17-19,26H,1-16H2. The van der Waals surface area contributed by atoms with E-state index in [2.05, 4.69) is 23.4 Å². The van der Waals surface area contributed by atoms with Crippen LogP contribution in [0.1, 0.15) is 89.9 Å². The van der Waals surface area contributed by atoms with Gasteiger partial charge in [-0.3, -0.25) is 0 Å². The number of hydrogen-bond acceptors (Lipinski definition) is 7. The molecule has 30 heavy (non-hydrogen) atoms. The molecule has 2 nitrogen and oxygen atoms in total. The van der Waals surface area contributed by atoms with Crippen molar-refractivity contribution < 1.29 is 9.53 Å². The van der Waals surface area contributed by atoms with Crippen LogP contribution in [0, 0.1) is 0 Å². The molecule has 2 aliphatic rings. The summed E-state index contributed by atoms with van der Waals surface area (Å²) in [6.07, 6.45) is 18.5. The van der Waals surface area contributed by atoms with E-state index < -0.39 is 0 Å². The number of thiol groups is 1. The lowest BCUT2D eigenvalue weighted by Gasteiger charge is -2.06. The molecular formula is C23H36O2S5. The first-order chi connectivity index (χ1) is 14.8. The van der Waals surface area contributed by atoms with E-state index in [1.165, 1.54) is 85.5 Å². The van der Waals surface area contributed by atoms with Crippen molar-refractivity contribution in [1.29, 1.82) is 0 Å². The van der Waals surface area contributed by atoms with Gasteiger partial charge in [0.25, 0.3) is 0 Å². The highest BCUT2D eigenvalue weighted by Crippen LogP contribution is 2.53. The highest BCUT2D eigenvalue weighted by Gasteiger charge is 2.23. The molecule has 2 aliphatic heterocycles. The van der Waals surface area contributed by atoms with Gasteiger partial charge in [-0.05, 0) is 34.8 Å². The smallest absolute Gasteiger partial charge is 0.345 e. The van der Waals surface area contributed by atoms with Gasteiger partial charge < -0.3 is 4.74 Å². The number of carbonyl (C=O) groups is 1. The van der Waals surface area contributed by atoms with Crippen molar-refractivity contribution in [3.8, 4) is 0 Å². The molecule has 7 heteroatoms. The number of carbonyl (C=O) groups excluding carboxylic acids is 1. The van der Waals surface area contributed by atoms with E-state index >= 15 is 0 Å². The van der Waals surface area contributed by atoms with E-state index in [4.69, 9.17) is 4.74 Å². The number of hydrogen-bond donors (Lipinski definition) is 1. The van der Waals surface area contributed by atoms with Crippen LogP contribution in [0.3, 0.4) is 0 Å². The van der Waals surface area contributed by atoms with E-state index in [0.717, 1.165) is 23.5 Å². The molecule has 0 aromatic carbocycles. The Morgan fingerprint density at radius 3 is 1.73 bits per heavy atom. The predicted molar refractivity (Wildman–Crippen MR) is 144 cm³/mol.